The Morgan fingerprint density at radius 3 is 2.36 bits per heavy atom. The average Bonchev–Trinajstić information content (AvgIpc) is 3.24. The third kappa shape index (κ3) is 5.58. The van der Waals surface area contributed by atoms with Gasteiger partial charge in [0.1, 0.15) is 11.6 Å². The smallest absolute Gasteiger partial charge is 0.261 e. The number of rotatable bonds is 10. The fraction of sp³-hybridized carbons (Fsp3) is 0.500. The van der Waals surface area contributed by atoms with Crippen molar-refractivity contribution >= 4 is 16.9 Å². The van der Waals surface area contributed by atoms with Crippen LogP contribution in [0.3, 0.4) is 0 Å². The molecule has 0 bridgehead atoms. The highest BCUT2D eigenvalue weighted by atomic mass is 16.5. The molecule has 0 aliphatic carbocycles. The van der Waals surface area contributed by atoms with Crippen molar-refractivity contribution in [2.75, 3.05) is 0 Å². The SMILES string of the molecule is CCC(Oc1ccc(C(C)(C)CC)cc1C(C)(C)CC)C(=O)NCc1nc2ccccc2[nH]1. The van der Waals surface area contributed by atoms with Crippen molar-refractivity contribution in [2.45, 2.75) is 91.2 Å². The zero-order chi connectivity index (χ0) is 24.2. The first-order valence-corrected chi connectivity index (χ1v) is 12.1. The summed E-state index contributed by atoms with van der Waals surface area (Å²) < 4.78 is 6.35. The first-order chi connectivity index (χ1) is 15.6. The number of fused-ring (bicyclic) bond motifs is 1. The molecule has 2 N–H and O–H groups in total. The summed E-state index contributed by atoms with van der Waals surface area (Å²) in [6.45, 7) is 15.7. The molecule has 0 fully saturated rings. The number of amides is 1. The Hall–Kier alpha value is -2.82. The lowest BCUT2D eigenvalue weighted by atomic mass is 9.76. The van der Waals surface area contributed by atoms with E-state index in [9.17, 15) is 4.79 Å². The van der Waals surface area contributed by atoms with Crippen LogP contribution in [0.4, 0.5) is 0 Å². The van der Waals surface area contributed by atoms with E-state index in [1.807, 2.05) is 31.2 Å². The van der Waals surface area contributed by atoms with Gasteiger partial charge in [-0.3, -0.25) is 4.79 Å². The summed E-state index contributed by atoms with van der Waals surface area (Å²) in [5.41, 5.74) is 4.35. The zero-order valence-corrected chi connectivity index (χ0v) is 21.2. The molecule has 0 aliphatic rings. The molecule has 5 nitrogen and oxygen atoms in total. The summed E-state index contributed by atoms with van der Waals surface area (Å²) in [6, 6.07) is 14.3. The van der Waals surface area contributed by atoms with Crippen molar-refractivity contribution in [3.8, 4) is 5.75 Å². The predicted molar refractivity (Wildman–Crippen MR) is 136 cm³/mol. The van der Waals surface area contributed by atoms with Crippen LogP contribution in [0.5, 0.6) is 5.75 Å². The van der Waals surface area contributed by atoms with Gasteiger partial charge in [-0.2, -0.15) is 0 Å². The maximum absolute atomic E-state index is 13.0. The van der Waals surface area contributed by atoms with Gasteiger partial charge >= 0.3 is 0 Å². The van der Waals surface area contributed by atoms with Crippen LogP contribution in [0.2, 0.25) is 0 Å². The number of nitrogens with zero attached hydrogens (tertiary/aromatic N) is 1. The number of H-pyrrole nitrogens is 1. The summed E-state index contributed by atoms with van der Waals surface area (Å²) in [4.78, 5) is 20.8. The normalized spacial score (nSPS) is 13.2. The first-order valence-electron chi connectivity index (χ1n) is 12.1. The molecule has 5 heteroatoms. The molecule has 0 saturated heterocycles. The van der Waals surface area contributed by atoms with Gasteiger partial charge in [-0.05, 0) is 53.9 Å². The van der Waals surface area contributed by atoms with E-state index in [4.69, 9.17) is 4.74 Å². The minimum absolute atomic E-state index is 0.0573. The molecule has 0 radical (unpaired) electrons. The van der Waals surface area contributed by atoms with Crippen molar-refractivity contribution in [2.24, 2.45) is 0 Å². The highest BCUT2D eigenvalue weighted by Crippen LogP contribution is 2.39. The van der Waals surface area contributed by atoms with Gasteiger partial charge in [0.15, 0.2) is 6.10 Å². The average molecular weight is 450 g/mol. The maximum atomic E-state index is 13.0. The standard InChI is InChI=1S/C28H39N3O2/c1-8-23(26(32)29-18-25-30-21-13-11-12-14-22(21)31-25)33-24-16-15-19(27(4,5)9-2)17-20(24)28(6,7)10-3/h11-17,23H,8-10,18H2,1-7H3,(H,29,32)(H,30,31). The second-order valence-electron chi connectivity index (χ2n) is 10.1. The Bertz CT molecular complexity index is 1060. The maximum Gasteiger partial charge on any atom is 0.261 e. The highest BCUT2D eigenvalue weighted by molar-refractivity contribution is 5.81. The number of aromatic nitrogens is 2. The molecule has 1 heterocycles. The van der Waals surface area contributed by atoms with Gasteiger partial charge in [0.05, 0.1) is 17.6 Å². The predicted octanol–water partition coefficient (Wildman–Crippen LogP) is 6.41. The zero-order valence-electron chi connectivity index (χ0n) is 21.2. The molecule has 2 aromatic carbocycles. The number of para-hydroxylation sites is 2. The number of hydrogen-bond donors (Lipinski definition) is 2. The van der Waals surface area contributed by atoms with Crippen molar-refractivity contribution < 1.29 is 9.53 Å². The van der Waals surface area contributed by atoms with Crippen LogP contribution in [-0.2, 0) is 22.2 Å². The molecular weight excluding hydrogens is 410 g/mol. The molecule has 178 valence electrons. The van der Waals surface area contributed by atoms with E-state index in [0.29, 0.717) is 13.0 Å². The van der Waals surface area contributed by atoms with E-state index in [1.54, 1.807) is 0 Å². The van der Waals surface area contributed by atoms with Gasteiger partial charge in [0, 0.05) is 5.56 Å². The summed E-state index contributed by atoms with van der Waals surface area (Å²) in [7, 11) is 0. The number of hydrogen-bond acceptors (Lipinski definition) is 3. The van der Waals surface area contributed by atoms with Crippen molar-refractivity contribution in [1.29, 1.82) is 0 Å². The third-order valence-corrected chi connectivity index (χ3v) is 7.06. The lowest BCUT2D eigenvalue weighted by Crippen LogP contribution is -2.38. The van der Waals surface area contributed by atoms with Crippen LogP contribution in [0.1, 0.15) is 84.7 Å². The number of benzene rings is 2. The van der Waals surface area contributed by atoms with Crippen LogP contribution in [0.15, 0.2) is 42.5 Å². The lowest BCUT2D eigenvalue weighted by Gasteiger charge is -2.31. The lowest BCUT2D eigenvalue weighted by molar-refractivity contribution is -0.128. The molecule has 0 spiro atoms. The van der Waals surface area contributed by atoms with E-state index in [0.717, 1.165) is 41.0 Å². The second-order valence-corrected chi connectivity index (χ2v) is 10.1. The monoisotopic (exact) mass is 449 g/mol. The minimum atomic E-state index is -0.564. The minimum Gasteiger partial charge on any atom is -0.480 e. The Kier molecular flexibility index (Phi) is 7.51. The Balaban J connectivity index is 1.79. The van der Waals surface area contributed by atoms with Gasteiger partial charge in [0.2, 0.25) is 0 Å². The number of ether oxygens (including phenoxy) is 1. The molecule has 33 heavy (non-hydrogen) atoms. The largest absolute Gasteiger partial charge is 0.480 e. The van der Waals surface area contributed by atoms with Crippen LogP contribution in [-0.4, -0.2) is 22.0 Å². The summed E-state index contributed by atoms with van der Waals surface area (Å²) >= 11 is 0. The van der Waals surface area contributed by atoms with Gasteiger partial charge in [-0.1, -0.05) is 72.7 Å². The van der Waals surface area contributed by atoms with E-state index in [2.05, 4.69) is 75.0 Å². The van der Waals surface area contributed by atoms with Crippen LogP contribution < -0.4 is 10.1 Å². The van der Waals surface area contributed by atoms with E-state index < -0.39 is 6.10 Å². The van der Waals surface area contributed by atoms with Crippen molar-refractivity contribution in [3.05, 3.63) is 59.4 Å². The summed E-state index contributed by atoms with van der Waals surface area (Å²) in [5, 5.41) is 2.99. The van der Waals surface area contributed by atoms with Crippen molar-refractivity contribution in [3.63, 3.8) is 0 Å². The van der Waals surface area contributed by atoms with Crippen LogP contribution >= 0.6 is 0 Å². The first kappa shape index (κ1) is 24.8. The number of carbonyl (C=O) groups is 1. The molecule has 3 aromatic rings. The third-order valence-electron chi connectivity index (χ3n) is 7.06. The Morgan fingerprint density at radius 2 is 1.73 bits per heavy atom. The summed E-state index contributed by atoms with van der Waals surface area (Å²) in [6.07, 6.45) is 2.06. The number of aromatic amines is 1. The van der Waals surface area contributed by atoms with E-state index >= 15 is 0 Å². The fourth-order valence-electron chi connectivity index (χ4n) is 3.83. The molecular formula is C28H39N3O2. The highest BCUT2D eigenvalue weighted by Gasteiger charge is 2.28. The second kappa shape index (κ2) is 9.98. The van der Waals surface area contributed by atoms with Crippen LogP contribution in [0.25, 0.3) is 11.0 Å². The Labute approximate surface area is 198 Å². The molecule has 0 saturated carbocycles. The number of nitrogens with one attached hydrogen (secondary N) is 2. The van der Waals surface area contributed by atoms with Gasteiger partial charge in [-0.25, -0.2) is 4.98 Å². The van der Waals surface area contributed by atoms with E-state index in [1.165, 1.54) is 5.56 Å². The molecule has 1 unspecified atom stereocenters. The van der Waals surface area contributed by atoms with Gasteiger partial charge < -0.3 is 15.0 Å². The quantitative estimate of drug-likeness (QED) is 0.376. The molecule has 3 rings (SSSR count). The van der Waals surface area contributed by atoms with E-state index in [-0.39, 0.29) is 16.7 Å². The molecule has 1 aromatic heterocycles. The molecule has 1 atom stereocenters. The molecule has 0 aliphatic heterocycles. The topological polar surface area (TPSA) is 67.0 Å². The van der Waals surface area contributed by atoms with Gasteiger partial charge in [0.25, 0.3) is 5.91 Å². The van der Waals surface area contributed by atoms with Crippen LogP contribution in [0, 0.1) is 0 Å². The summed E-state index contributed by atoms with van der Waals surface area (Å²) in [5.74, 6) is 1.40. The number of imidazole rings is 1. The van der Waals surface area contributed by atoms with Crippen molar-refractivity contribution in [1.82, 2.24) is 15.3 Å². The fourth-order valence-corrected chi connectivity index (χ4v) is 3.83. The Morgan fingerprint density at radius 1 is 1.03 bits per heavy atom. The molecule has 1 amide bonds. The number of carbonyl (C=O) groups excluding carboxylic acids is 1. The van der Waals surface area contributed by atoms with Gasteiger partial charge in [-0.15, -0.1) is 0 Å².